The van der Waals surface area contributed by atoms with E-state index in [1.165, 1.54) is 23.3 Å². The molecule has 2 aliphatic rings. The normalized spacial score (nSPS) is 15.2. The average molecular weight is 478 g/mol. The number of hydrogen-bond donors (Lipinski definition) is 2. The van der Waals surface area contributed by atoms with E-state index < -0.39 is 23.5 Å². The highest BCUT2D eigenvalue weighted by molar-refractivity contribution is 7.09. The van der Waals surface area contributed by atoms with E-state index >= 15 is 0 Å². The summed E-state index contributed by atoms with van der Waals surface area (Å²) in [7, 11) is 1.48. The fourth-order valence-electron chi connectivity index (χ4n) is 4.46. The molecular formula is C25H23N3O5S. The van der Waals surface area contributed by atoms with E-state index in [-0.39, 0.29) is 24.8 Å². The summed E-state index contributed by atoms with van der Waals surface area (Å²) in [6.07, 6.45) is 0.306. The second-order valence-electron chi connectivity index (χ2n) is 8.51. The molecule has 5 rings (SSSR count). The number of benzene rings is 2. The number of aliphatic carboxylic acids is 1. The van der Waals surface area contributed by atoms with Gasteiger partial charge in [0.05, 0.1) is 6.54 Å². The number of rotatable bonds is 7. The summed E-state index contributed by atoms with van der Waals surface area (Å²) >= 11 is 1.23. The monoisotopic (exact) mass is 477 g/mol. The number of carboxylic acid groups (broad SMARTS) is 1. The van der Waals surface area contributed by atoms with E-state index in [1.54, 1.807) is 5.38 Å². The van der Waals surface area contributed by atoms with Crippen LogP contribution in [-0.2, 0) is 16.1 Å². The third-order valence-corrected chi connectivity index (χ3v) is 7.42. The minimum Gasteiger partial charge on any atom is -0.479 e. The lowest BCUT2D eigenvalue weighted by Crippen LogP contribution is -2.44. The summed E-state index contributed by atoms with van der Waals surface area (Å²) in [4.78, 5) is 42.0. The van der Waals surface area contributed by atoms with Gasteiger partial charge in [-0.2, -0.15) is 0 Å². The van der Waals surface area contributed by atoms with Crippen molar-refractivity contribution >= 4 is 29.3 Å². The van der Waals surface area contributed by atoms with Gasteiger partial charge in [-0.1, -0.05) is 48.5 Å². The number of thiazole rings is 1. The molecule has 9 heteroatoms. The predicted molar refractivity (Wildman–Crippen MR) is 126 cm³/mol. The van der Waals surface area contributed by atoms with Crippen LogP contribution < -0.4 is 5.32 Å². The second-order valence-corrected chi connectivity index (χ2v) is 9.45. The fraction of sp³-hybridized carbons (Fsp3) is 0.280. The van der Waals surface area contributed by atoms with E-state index in [2.05, 4.69) is 34.6 Å². The van der Waals surface area contributed by atoms with Gasteiger partial charge >= 0.3 is 12.1 Å². The van der Waals surface area contributed by atoms with E-state index in [1.807, 2.05) is 24.3 Å². The number of fused-ring (bicyclic) bond motifs is 3. The van der Waals surface area contributed by atoms with Crippen molar-refractivity contribution in [1.82, 2.24) is 15.2 Å². The molecule has 8 nitrogen and oxygen atoms in total. The van der Waals surface area contributed by atoms with Gasteiger partial charge in [0.2, 0.25) is 0 Å². The quantitative estimate of drug-likeness (QED) is 0.535. The van der Waals surface area contributed by atoms with E-state index in [0.717, 1.165) is 22.3 Å². The molecule has 2 aromatic carbocycles. The number of aromatic nitrogens is 1. The largest absolute Gasteiger partial charge is 0.479 e. The smallest absolute Gasteiger partial charge is 0.407 e. The van der Waals surface area contributed by atoms with Crippen LogP contribution >= 0.6 is 11.3 Å². The Morgan fingerprint density at radius 3 is 2.32 bits per heavy atom. The zero-order chi connectivity index (χ0) is 23.9. The van der Waals surface area contributed by atoms with E-state index in [0.29, 0.717) is 17.8 Å². The molecular weight excluding hydrogens is 454 g/mol. The number of alkyl carbamates (subject to hydrolysis) is 1. The molecule has 34 heavy (non-hydrogen) atoms. The summed E-state index contributed by atoms with van der Waals surface area (Å²) in [6, 6.07) is 16.2. The topological polar surface area (TPSA) is 109 Å². The lowest BCUT2D eigenvalue weighted by atomic mass is 9.98. The van der Waals surface area contributed by atoms with Gasteiger partial charge in [-0.15, -0.1) is 11.3 Å². The van der Waals surface area contributed by atoms with Gasteiger partial charge < -0.3 is 20.1 Å². The van der Waals surface area contributed by atoms with Gasteiger partial charge in [0, 0.05) is 18.3 Å². The second kappa shape index (κ2) is 8.57. The number of carbonyl (C=O) groups is 3. The Morgan fingerprint density at radius 1 is 1.12 bits per heavy atom. The Morgan fingerprint density at radius 2 is 1.74 bits per heavy atom. The first-order valence-corrected chi connectivity index (χ1v) is 11.8. The van der Waals surface area contributed by atoms with Crippen LogP contribution in [0.1, 0.15) is 45.4 Å². The third kappa shape index (κ3) is 3.81. The van der Waals surface area contributed by atoms with Gasteiger partial charge in [0.1, 0.15) is 22.8 Å². The molecule has 1 saturated carbocycles. The van der Waals surface area contributed by atoms with Crippen molar-refractivity contribution in [2.45, 2.75) is 30.8 Å². The number of nitrogens with one attached hydrogen (secondary N) is 1. The Bertz CT molecular complexity index is 1240. The molecule has 0 bridgehead atoms. The van der Waals surface area contributed by atoms with Crippen molar-refractivity contribution < 1.29 is 24.2 Å². The number of amides is 2. The molecule has 0 aliphatic heterocycles. The van der Waals surface area contributed by atoms with E-state index in [9.17, 15) is 19.5 Å². The highest BCUT2D eigenvalue weighted by Crippen LogP contribution is 2.44. The number of carboxylic acids is 1. The van der Waals surface area contributed by atoms with Gasteiger partial charge in [0.25, 0.3) is 5.91 Å². The predicted octanol–water partition coefficient (Wildman–Crippen LogP) is 3.87. The number of ether oxygens (including phenoxy) is 1. The van der Waals surface area contributed by atoms with Crippen LogP contribution in [0.5, 0.6) is 0 Å². The van der Waals surface area contributed by atoms with Gasteiger partial charge in [0.15, 0.2) is 0 Å². The molecule has 0 spiro atoms. The van der Waals surface area contributed by atoms with Gasteiger partial charge in [-0.25, -0.2) is 14.6 Å². The van der Waals surface area contributed by atoms with Crippen LogP contribution in [0.4, 0.5) is 4.79 Å². The minimum atomic E-state index is -1.12. The number of nitrogens with zero attached hydrogens (tertiary/aromatic N) is 2. The van der Waals surface area contributed by atoms with Crippen LogP contribution in [-0.4, -0.2) is 52.2 Å². The summed E-state index contributed by atoms with van der Waals surface area (Å²) in [5.41, 5.74) is 3.64. The Kier molecular flexibility index (Phi) is 5.57. The molecule has 2 amide bonds. The van der Waals surface area contributed by atoms with Crippen molar-refractivity contribution in [3.8, 4) is 11.1 Å². The van der Waals surface area contributed by atoms with Crippen molar-refractivity contribution in [2.24, 2.45) is 0 Å². The number of likely N-dealkylation sites (N-methyl/N-ethyl adjacent to an activating group) is 1. The molecule has 2 aliphatic carbocycles. The molecule has 3 aromatic rings. The maximum atomic E-state index is 12.6. The Labute approximate surface area is 200 Å². The summed E-state index contributed by atoms with van der Waals surface area (Å²) in [5.74, 6) is -1.47. The van der Waals surface area contributed by atoms with Crippen LogP contribution in [0.15, 0.2) is 53.9 Å². The van der Waals surface area contributed by atoms with Crippen LogP contribution in [0.3, 0.4) is 0 Å². The average Bonchev–Trinajstić information content (AvgIpc) is 3.43. The molecule has 0 saturated heterocycles. The molecule has 0 radical (unpaired) electrons. The van der Waals surface area contributed by atoms with Gasteiger partial charge in [-0.05, 0) is 35.1 Å². The highest BCUT2D eigenvalue weighted by atomic mass is 32.1. The standard InChI is InChI=1S/C25H23N3O5S/c1-28(25(10-11-25)23(30)31)22(29)20-14-34-21(27-20)12-26-24(32)33-13-19-17-8-4-2-6-15(17)16-7-3-5-9-18(16)19/h2-9,14,19H,10-13H2,1H3,(H,26,32)(H,30,31). The first-order chi connectivity index (χ1) is 16.4. The fourth-order valence-corrected chi connectivity index (χ4v) is 5.17. The van der Waals surface area contributed by atoms with Gasteiger partial charge in [-0.3, -0.25) is 4.79 Å². The minimum absolute atomic E-state index is 0.0262. The molecule has 1 aromatic heterocycles. The SMILES string of the molecule is CN(C(=O)c1csc(CNC(=O)OCC2c3ccccc3-c3ccccc32)n1)C1(C(=O)O)CC1. The van der Waals surface area contributed by atoms with Crippen LogP contribution in [0.2, 0.25) is 0 Å². The van der Waals surface area contributed by atoms with E-state index in [4.69, 9.17) is 4.74 Å². The first kappa shape index (κ1) is 22.1. The highest BCUT2D eigenvalue weighted by Gasteiger charge is 2.55. The molecule has 174 valence electrons. The molecule has 1 fully saturated rings. The lowest BCUT2D eigenvalue weighted by Gasteiger charge is -2.23. The summed E-state index contributed by atoms with van der Waals surface area (Å²) in [5, 5.41) is 14.2. The maximum Gasteiger partial charge on any atom is 0.407 e. The number of carbonyl (C=O) groups excluding carboxylic acids is 2. The van der Waals surface area contributed by atoms with Crippen LogP contribution in [0, 0.1) is 0 Å². The van der Waals surface area contributed by atoms with Crippen LogP contribution in [0.25, 0.3) is 11.1 Å². The molecule has 0 atom stereocenters. The van der Waals surface area contributed by atoms with Crippen molar-refractivity contribution in [1.29, 1.82) is 0 Å². The summed E-state index contributed by atoms with van der Waals surface area (Å²) < 4.78 is 5.52. The van der Waals surface area contributed by atoms with Crippen molar-refractivity contribution in [3.63, 3.8) is 0 Å². The molecule has 1 heterocycles. The lowest BCUT2D eigenvalue weighted by molar-refractivity contribution is -0.143. The number of hydrogen-bond acceptors (Lipinski definition) is 6. The molecule has 2 N–H and O–H groups in total. The Hall–Kier alpha value is -3.72. The zero-order valence-corrected chi connectivity index (χ0v) is 19.3. The maximum absolute atomic E-state index is 12.6. The zero-order valence-electron chi connectivity index (χ0n) is 18.5. The Balaban J connectivity index is 1.17. The van der Waals surface area contributed by atoms with Crippen molar-refractivity contribution in [3.05, 3.63) is 75.7 Å². The summed E-state index contributed by atoms with van der Waals surface area (Å²) in [6.45, 7) is 0.325. The molecule has 0 unspecified atom stereocenters. The van der Waals surface area contributed by atoms with Crippen molar-refractivity contribution in [2.75, 3.05) is 13.7 Å². The third-order valence-electron chi connectivity index (χ3n) is 6.57. The first-order valence-electron chi connectivity index (χ1n) is 11.0.